The molecule has 0 bridgehead atoms. The number of hydrogen-bond donors (Lipinski definition) is 1. The highest BCUT2D eigenvalue weighted by molar-refractivity contribution is 5.88. The third-order valence-electron chi connectivity index (χ3n) is 3.63. The molecule has 102 valence electrons. The molecule has 1 fully saturated rings. The van der Waals surface area contributed by atoms with Gasteiger partial charge in [-0.05, 0) is 24.6 Å². The van der Waals surface area contributed by atoms with Gasteiger partial charge in [0.15, 0.2) is 0 Å². The molecule has 1 aliphatic rings. The normalized spacial score (nSPS) is 20.4. The van der Waals surface area contributed by atoms with Gasteiger partial charge < -0.3 is 15.4 Å². The van der Waals surface area contributed by atoms with Crippen molar-refractivity contribution in [1.29, 1.82) is 0 Å². The number of primary amides is 1. The highest BCUT2D eigenvalue weighted by atomic mass is 16.5. The fraction of sp³-hybridized carbons (Fsp3) is 0.429. The molecular weight excluding hydrogens is 244 g/mol. The lowest BCUT2D eigenvalue weighted by Gasteiger charge is -2.25. The molecule has 1 saturated heterocycles. The van der Waals surface area contributed by atoms with Gasteiger partial charge in [-0.1, -0.05) is 12.1 Å². The van der Waals surface area contributed by atoms with Gasteiger partial charge in [0.25, 0.3) is 0 Å². The van der Waals surface area contributed by atoms with Gasteiger partial charge in [0.05, 0.1) is 19.1 Å². The van der Waals surface area contributed by atoms with Crippen LogP contribution in [-0.4, -0.2) is 30.4 Å². The quantitative estimate of drug-likeness (QED) is 0.882. The number of hydrogen-bond acceptors (Lipinski definition) is 3. The van der Waals surface area contributed by atoms with E-state index in [1.807, 2.05) is 31.2 Å². The third kappa shape index (κ3) is 2.70. The number of nitrogens with two attached hydrogens (primary N) is 1. The minimum absolute atomic E-state index is 0.0212. The van der Waals surface area contributed by atoms with E-state index in [2.05, 4.69) is 0 Å². The summed E-state index contributed by atoms with van der Waals surface area (Å²) in [6, 6.07) is 7.50. The van der Waals surface area contributed by atoms with Crippen molar-refractivity contribution in [2.75, 3.05) is 13.7 Å². The molecule has 2 rings (SSSR count). The maximum atomic E-state index is 11.9. The van der Waals surface area contributed by atoms with Crippen molar-refractivity contribution in [2.45, 2.75) is 19.4 Å². The van der Waals surface area contributed by atoms with Crippen LogP contribution in [0.4, 0.5) is 0 Å². The molecule has 1 aromatic rings. The van der Waals surface area contributed by atoms with Crippen LogP contribution in [0.15, 0.2) is 24.3 Å². The number of carbonyl (C=O) groups excluding carboxylic acids is 2. The van der Waals surface area contributed by atoms with Crippen LogP contribution in [0, 0.1) is 5.92 Å². The summed E-state index contributed by atoms with van der Waals surface area (Å²) < 4.78 is 5.10. The molecule has 2 amide bonds. The van der Waals surface area contributed by atoms with Crippen molar-refractivity contribution < 1.29 is 14.3 Å². The van der Waals surface area contributed by atoms with E-state index in [-0.39, 0.29) is 24.3 Å². The molecule has 2 atom stereocenters. The average Bonchev–Trinajstić information content (AvgIpc) is 2.80. The van der Waals surface area contributed by atoms with Crippen LogP contribution < -0.4 is 10.5 Å². The van der Waals surface area contributed by atoms with Gasteiger partial charge >= 0.3 is 0 Å². The lowest BCUT2D eigenvalue weighted by molar-refractivity contribution is -0.130. The van der Waals surface area contributed by atoms with Crippen molar-refractivity contribution in [3.8, 4) is 5.75 Å². The van der Waals surface area contributed by atoms with E-state index in [1.54, 1.807) is 12.0 Å². The first kappa shape index (κ1) is 13.4. The molecule has 1 heterocycles. The Hall–Kier alpha value is -2.04. The summed E-state index contributed by atoms with van der Waals surface area (Å²) in [5.41, 5.74) is 6.28. The standard InChI is InChI=1S/C14H18N2O3/c1-9(10-3-5-12(19-2)6-4-10)16-8-11(14(15)18)7-13(16)17/h3-6,9,11H,7-8H2,1-2H3,(H2,15,18). The number of rotatable bonds is 4. The van der Waals surface area contributed by atoms with E-state index < -0.39 is 5.91 Å². The Morgan fingerprint density at radius 1 is 1.42 bits per heavy atom. The van der Waals surface area contributed by atoms with Gasteiger partial charge in [0.1, 0.15) is 5.75 Å². The van der Waals surface area contributed by atoms with Crippen LogP contribution in [0.1, 0.15) is 24.9 Å². The molecule has 1 aromatic carbocycles. The maximum Gasteiger partial charge on any atom is 0.223 e. The van der Waals surface area contributed by atoms with E-state index in [9.17, 15) is 9.59 Å². The number of nitrogens with zero attached hydrogens (tertiary/aromatic N) is 1. The molecular formula is C14H18N2O3. The van der Waals surface area contributed by atoms with Crippen LogP contribution in [0.2, 0.25) is 0 Å². The van der Waals surface area contributed by atoms with Crippen LogP contribution in [0.25, 0.3) is 0 Å². The van der Waals surface area contributed by atoms with E-state index in [0.29, 0.717) is 6.54 Å². The van der Waals surface area contributed by atoms with E-state index in [4.69, 9.17) is 10.5 Å². The summed E-state index contributed by atoms with van der Waals surface area (Å²) in [5, 5.41) is 0. The summed E-state index contributed by atoms with van der Waals surface area (Å²) in [7, 11) is 1.61. The maximum absolute atomic E-state index is 11.9. The predicted molar refractivity (Wildman–Crippen MR) is 70.4 cm³/mol. The largest absolute Gasteiger partial charge is 0.497 e. The first-order chi connectivity index (χ1) is 9.02. The fourth-order valence-corrected chi connectivity index (χ4v) is 2.36. The number of methoxy groups -OCH3 is 1. The first-order valence-electron chi connectivity index (χ1n) is 6.25. The zero-order valence-corrected chi connectivity index (χ0v) is 11.1. The second-order valence-electron chi connectivity index (χ2n) is 4.80. The Bertz CT molecular complexity index is 484. The lowest BCUT2D eigenvalue weighted by Crippen LogP contribution is -2.30. The van der Waals surface area contributed by atoms with E-state index in [1.165, 1.54) is 0 Å². The SMILES string of the molecule is COc1ccc(C(C)N2CC(C(N)=O)CC2=O)cc1. The summed E-state index contributed by atoms with van der Waals surface area (Å²) in [6.45, 7) is 2.35. The zero-order valence-electron chi connectivity index (χ0n) is 11.1. The number of benzene rings is 1. The van der Waals surface area contributed by atoms with Crippen LogP contribution >= 0.6 is 0 Å². The van der Waals surface area contributed by atoms with Crippen molar-refractivity contribution >= 4 is 11.8 Å². The topological polar surface area (TPSA) is 72.6 Å². The molecule has 0 aromatic heterocycles. The fourth-order valence-electron chi connectivity index (χ4n) is 2.36. The first-order valence-corrected chi connectivity index (χ1v) is 6.25. The van der Waals surface area contributed by atoms with Crippen molar-refractivity contribution in [3.05, 3.63) is 29.8 Å². The summed E-state index contributed by atoms with van der Waals surface area (Å²) in [6.07, 6.45) is 0.218. The molecule has 0 saturated carbocycles. The monoisotopic (exact) mass is 262 g/mol. The molecule has 0 spiro atoms. The van der Waals surface area contributed by atoms with Crippen molar-refractivity contribution in [2.24, 2.45) is 11.7 Å². The Balaban J connectivity index is 2.12. The molecule has 5 nitrogen and oxygen atoms in total. The predicted octanol–water partition coefficient (Wildman–Crippen LogP) is 1.09. The minimum atomic E-state index is -0.405. The summed E-state index contributed by atoms with van der Waals surface area (Å²) in [5.74, 6) is -0.0168. The van der Waals surface area contributed by atoms with Crippen LogP contribution in [0.3, 0.4) is 0 Å². The lowest BCUT2D eigenvalue weighted by atomic mass is 10.1. The molecule has 2 N–H and O–H groups in total. The highest BCUT2D eigenvalue weighted by Gasteiger charge is 2.35. The highest BCUT2D eigenvalue weighted by Crippen LogP contribution is 2.29. The Morgan fingerprint density at radius 2 is 2.05 bits per heavy atom. The number of likely N-dealkylation sites (tertiary alicyclic amines) is 1. The molecule has 0 aliphatic carbocycles. The van der Waals surface area contributed by atoms with Crippen molar-refractivity contribution in [3.63, 3.8) is 0 Å². The van der Waals surface area contributed by atoms with Gasteiger partial charge in [-0.2, -0.15) is 0 Å². The molecule has 1 aliphatic heterocycles. The van der Waals surface area contributed by atoms with E-state index >= 15 is 0 Å². The average molecular weight is 262 g/mol. The summed E-state index contributed by atoms with van der Waals surface area (Å²) in [4.78, 5) is 24.8. The second-order valence-corrected chi connectivity index (χ2v) is 4.80. The van der Waals surface area contributed by atoms with Gasteiger partial charge in [-0.25, -0.2) is 0 Å². The Morgan fingerprint density at radius 3 is 2.53 bits per heavy atom. The number of ether oxygens (including phenoxy) is 1. The smallest absolute Gasteiger partial charge is 0.223 e. The Labute approximate surface area is 112 Å². The number of amides is 2. The van der Waals surface area contributed by atoms with E-state index in [0.717, 1.165) is 11.3 Å². The molecule has 2 unspecified atom stereocenters. The zero-order chi connectivity index (χ0) is 14.0. The molecule has 5 heteroatoms. The molecule has 19 heavy (non-hydrogen) atoms. The molecule has 0 radical (unpaired) electrons. The third-order valence-corrected chi connectivity index (χ3v) is 3.63. The van der Waals surface area contributed by atoms with Crippen LogP contribution in [0.5, 0.6) is 5.75 Å². The summed E-state index contributed by atoms with van der Waals surface area (Å²) >= 11 is 0. The van der Waals surface area contributed by atoms with Gasteiger partial charge in [-0.15, -0.1) is 0 Å². The van der Waals surface area contributed by atoms with Gasteiger partial charge in [0, 0.05) is 13.0 Å². The van der Waals surface area contributed by atoms with Gasteiger partial charge in [-0.3, -0.25) is 9.59 Å². The second kappa shape index (κ2) is 5.30. The number of carbonyl (C=O) groups is 2. The minimum Gasteiger partial charge on any atom is -0.497 e. The van der Waals surface area contributed by atoms with Crippen LogP contribution in [-0.2, 0) is 9.59 Å². The van der Waals surface area contributed by atoms with Crippen molar-refractivity contribution in [1.82, 2.24) is 4.90 Å². The Kier molecular flexibility index (Phi) is 3.74. The van der Waals surface area contributed by atoms with Gasteiger partial charge in [0.2, 0.25) is 11.8 Å².